The minimum Gasteiger partial charge on any atom is -0.457 e. The van der Waals surface area contributed by atoms with Crippen LogP contribution in [0.25, 0.3) is 0 Å². The molecular formula is C22H18F3N3O3S. The van der Waals surface area contributed by atoms with Gasteiger partial charge in [-0.25, -0.2) is 4.98 Å². The SMILES string of the molecule is O=C(NC1(C(=O)NCc2ccc(Oc3ccccc3C(F)(F)F)cc2)CC1)c1nccs1. The smallest absolute Gasteiger partial charge is 0.419 e. The average molecular weight is 461 g/mol. The Morgan fingerprint density at radius 1 is 1.09 bits per heavy atom. The maximum absolute atomic E-state index is 13.1. The quantitative estimate of drug-likeness (QED) is 0.542. The number of rotatable bonds is 7. The minimum absolute atomic E-state index is 0.202. The van der Waals surface area contributed by atoms with Gasteiger partial charge >= 0.3 is 6.18 Å². The fraction of sp³-hybridized carbons (Fsp3) is 0.227. The van der Waals surface area contributed by atoms with Crippen molar-refractivity contribution in [2.75, 3.05) is 0 Å². The summed E-state index contributed by atoms with van der Waals surface area (Å²) in [4.78, 5) is 28.7. The van der Waals surface area contributed by atoms with E-state index in [1.54, 1.807) is 17.5 Å². The van der Waals surface area contributed by atoms with Crippen molar-refractivity contribution in [3.8, 4) is 11.5 Å². The number of alkyl halides is 3. The first-order valence-electron chi connectivity index (χ1n) is 9.70. The van der Waals surface area contributed by atoms with E-state index < -0.39 is 17.3 Å². The first-order valence-corrected chi connectivity index (χ1v) is 10.6. The molecule has 32 heavy (non-hydrogen) atoms. The van der Waals surface area contributed by atoms with Crippen LogP contribution in [-0.2, 0) is 17.5 Å². The number of nitrogens with zero attached hydrogens (tertiary/aromatic N) is 1. The molecule has 1 heterocycles. The van der Waals surface area contributed by atoms with Crippen molar-refractivity contribution in [3.05, 3.63) is 76.2 Å². The van der Waals surface area contributed by atoms with E-state index in [9.17, 15) is 22.8 Å². The largest absolute Gasteiger partial charge is 0.457 e. The molecule has 1 fully saturated rings. The average Bonchev–Trinajstić information content (AvgIpc) is 3.33. The van der Waals surface area contributed by atoms with Crippen LogP contribution in [0.15, 0.2) is 60.1 Å². The zero-order valence-corrected chi connectivity index (χ0v) is 17.4. The summed E-state index contributed by atoms with van der Waals surface area (Å²) in [5.74, 6) is -0.714. The molecule has 0 aliphatic heterocycles. The molecule has 1 aromatic heterocycles. The van der Waals surface area contributed by atoms with Crippen molar-refractivity contribution in [2.24, 2.45) is 0 Å². The van der Waals surface area contributed by atoms with Crippen LogP contribution in [0.4, 0.5) is 13.2 Å². The van der Waals surface area contributed by atoms with Crippen molar-refractivity contribution in [1.82, 2.24) is 15.6 Å². The Labute approximate surface area is 185 Å². The molecule has 166 valence electrons. The third-order valence-electron chi connectivity index (χ3n) is 4.96. The molecule has 1 aliphatic rings. The Morgan fingerprint density at radius 2 is 1.81 bits per heavy atom. The first kappa shape index (κ1) is 21.8. The lowest BCUT2D eigenvalue weighted by molar-refractivity contribution is -0.138. The Morgan fingerprint density at radius 3 is 2.44 bits per heavy atom. The van der Waals surface area contributed by atoms with E-state index in [0.29, 0.717) is 17.8 Å². The van der Waals surface area contributed by atoms with Crippen LogP contribution in [0.1, 0.15) is 33.8 Å². The van der Waals surface area contributed by atoms with E-state index in [2.05, 4.69) is 15.6 Å². The molecule has 0 saturated heterocycles. The van der Waals surface area contributed by atoms with Gasteiger partial charge in [0.25, 0.3) is 5.91 Å². The number of thiazole rings is 1. The van der Waals surface area contributed by atoms with Gasteiger partial charge in [0, 0.05) is 18.1 Å². The summed E-state index contributed by atoms with van der Waals surface area (Å²) in [6.45, 7) is 0.202. The standard InChI is InChI=1S/C22H18F3N3O3S/c23-22(24,25)16-3-1-2-4-17(16)31-15-7-5-14(6-8-15)13-27-20(30)21(9-10-21)28-18(29)19-26-11-12-32-19/h1-8,11-12H,9-10,13H2,(H,27,30)(H,28,29). The maximum atomic E-state index is 13.1. The van der Waals surface area contributed by atoms with Crippen molar-refractivity contribution >= 4 is 23.2 Å². The molecule has 2 amide bonds. The van der Waals surface area contributed by atoms with Crippen molar-refractivity contribution in [2.45, 2.75) is 31.1 Å². The molecule has 10 heteroatoms. The fourth-order valence-electron chi connectivity index (χ4n) is 3.08. The molecule has 4 rings (SSSR count). The van der Waals surface area contributed by atoms with Crippen LogP contribution in [0.3, 0.4) is 0 Å². The summed E-state index contributed by atoms with van der Waals surface area (Å²) in [5, 5.41) is 7.52. The topological polar surface area (TPSA) is 80.3 Å². The highest BCUT2D eigenvalue weighted by atomic mass is 32.1. The van der Waals surface area contributed by atoms with Gasteiger partial charge < -0.3 is 15.4 Å². The van der Waals surface area contributed by atoms with Gasteiger partial charge in [0.05, 0.1) is 5.56 Å². The highest BCUT2D eigenvalue weighted by Crippen LogP contribution is 2.38. The molecule has 0 spiro atoms. The van der Waals surface area contributed by atoms with E-state index in [1.807, 2.05) is 0 Å². The van der Waals surface area contributed by atoms with Gasteiger partial charge in [-0.2, -0.15) is 13.2 Å². The lowest BCUT2D eigenvalue weighted by Crippen LogP contribution is -2.48. The second kappa shape index (κ2) is 8.62. The van der Waals surface area contributed by atoms with E-state index in [-0.39, 0.29) is 29.9 Å². The summed E-state index contributed by atoms with van der Waals surface area (Å²) in [6, 6.07) is 11.4. The number of aromatic nitrogens is 1. The number of nitrogens with one attached hydrogen (secondary N) is 2. The molecule has 0 radical (unpaired) electrons. The maximum Gasteiger partial charge on any atom is 0.419 e. The fourth-order valence-corrected chi connectivity index (χ4v) is 3.61. The minimum atomic E-state index is -4.52. The Balaban J connectivity index is 1.34. The molecule has 1 aliphatic carbocycles. The number of carbonyl (C=O) groups is 2. The molecular weight excluding hydrogens is 443 g/mol. The van der Waals surface area contributed by atoms with E-state index in [0.717, 1.165) is 11.6 Å². The predicted molar refractivity (Wildman–Crippen MR) is 111 cm³/mol. The van der Waals surface area contributed by atoms with Crippen LogP contribution >= 0.6 is 11.3 Å². The van der Waals surface area contributed by atoms with E-state index in [4.69, 9.17) is 4.74 Å². The van der Waals surface area contributed by atoms with Crippen LogP contribution in [0.5, 0.6) is 11.5 Å². The number of halogens is 3. The van der Waals surface area contributed by atoms with Crippen molar-refractivity contribution in [1.29, 1.82) is 0 Å². The van der Waals surface area contributed by atoms with Gasteiger partial charge in [-0.05, 0) is 42.7 Å². The third kappa shape index (κ3) is 4.91. The summed E-state index contributed by atoms with van der Waals surface area (Å²) in [6.07, 6.45) is -1.91. The Hall–Kier alpha value is -3.40. The van der Waals surface area contributed by atoms with Gasteiger partial charge in [0.1, 0.15) is 17.0 Å². The molecule has 0 unspecified atom stereocenters. The Bertz CT molecular complexity index is 1110. The van der Waals surface area contributed by atoms with Crippen molar-refractivity contribution < 1.29 is 27.5 Å². The summed E-state index contributed by atoms with van der Waals surface area (Å²) in [5.41, 5.74) is -1.05. The summed E-state index contributed by atoms with van der Waals surface area (Å²) < 4.78 is 44.7. The second-order valence-corrected chi connectivity index (χ2v) is 8.19. The van der Waals surface area contributed by atoms with Gasteiger partial charge in [-0.15, -0.1) is 11.3 Å². The van der Waals surface area contributed by atoms with E-state index >= 15 is 0 Å². The third-order valence-corrected chi connectivity index (χ3v) is 5.73. The molecule has 2 aromatic carbocycles. The number of benzene rings is 2. The zero-order chi connectivity index (χ0) is 22.8. The number of para-hydroxylation sites is 1. The lowest BCUT2D eigenvalue weighted by atomic mass is 10.2. The number of hydrogen-bond donors (Lipinski definition) is 2. The highest BCUT2D eigenvalue weighted by molar-refractivity contribution is 7.11. The predicted octanol–water partition coefficient (Wildman–Crippen LogP) is 4.53. The van der Waals surface area contributed by atoms with Gasteiger partial charge in [-0.1, -0.05) is 24.3 Å². The molecule has 1 saturated carbocycles. The van der Waals surface area contributed by atoms with Gasteiger partial charge in [0.15, 0.2) is 5.01 Å². The summed E-state index contributed by atoms with van der Waals surface area (Å²) >= 11 is 1.20. The molecule has 6 nitrogen and oxygen atoms in total. The lowest BCUT2D eigenvalue weighted by Gasteiger charge is -2.17. The number of ether oxygens (including phenoxy) is 1. The van der Waals surface area contributed by atoms with Crippen LogP contribution in [0, 0.1) is 0 Å². The van der Waals surface area contributed by atoms with E-state index in [1.165, 1.54) is 47.9 Å². The Kier molecular flexibility index (Phi) is 5.88. The van der Waals surface area contributed by atoms with Crippen LogP contribution in [0.2, 0.25) is 0 Å². The normalized spacial score (nSPS) is 14.5. The molecule has 0 bridgehead atoms. The summed E-state index contributed by atoms with van der Waals surface area (Å²) in [7, 11) is 0. The van der Waals surface area contributed by atoms with Crippen molar-refractivity contribution in [3.63, 3.8) is 0 Å². The monoisotopic (exact) mass is 461 g/mol. The highest BCUT2D eigenvalue weighted by Gasteiger charge is 2.51. The second-order valence-electron chi connectivity index (χ2n) is 7.30. The van der Waals surface area contributed by atoms with Gasteiger partial charge in [-0.3, -0.25) is 9.59 Å². The number of amides is 2. The first-order chi connectivity index (χ1) is 15.3. The molecule has 0 atom stereocenters. The number of hydrogen-bond acceptors (Lipinski definition) is 5. The molecule has 3 aromatic rings. The van der Waals surface area contributed by atoms with Crippen LogP contribution < -0.4 is 15.4 Å². The van der Waals surface area contributed by atoms with Crippen LogP contribution in [-0.4, -0.2) is 22.3 Å². The zero-order valence-electron chi connectivity index (χ0n) is 16.6. The molecule has 2 N–H and O–H groups in total. The van der Waals surface area contributed by atoms with Gasteiger partial charge in [0.2, 0.25) is 5.91 Å². The number of carbonyl (C=O) groups excluding carboxylic acids is 2.